The molecule has 0 aliphatic carbocycles. The largest absolute Gasteiger partial charge is 0.351 e. The number of carbonyl (C=O) groups excluding carboxylic acids is 1. The second kappa shape index (κ2) is 6.67. The fourth-order valence-corrected chi connectivity index (χ4v) is 2.56. The molecule has 1 aliphatic heterocycles. The lowest BCUT2D eigenvalue weighted by atomic mass is 10.0. The van der Waals surface area contributed by atoms with Crippen LogP contribution < -0.4 is 5.32 Å². The highest BCUT2D eigenvalue weighted by atomic mass is 16.2. The van der Waals surface area contributed by atoms with Crippen LogP contribution in [0.4, 0.5) is 0 Å². The fourth-order valence-electron chi connectivity index (χ4n) is 2.56. The van der Waals surface area contributed by atoms with E-state index in [2.05, 4.69) is 26.6 Å². The van der Waals surface area contributed by atoms with Crippen LogP contribution in [-0.4, -0.2) is 27.9 Å². The number of aromatic nitrogens is 2. The summed E-state index contributed by atoms with van der Waals surface area (Å²) in [4.78, 5) is 12.4. The number of rotatable bonds is 7. The molecule has 2 heterocycles. The number of nitrogens with zero attached hydrogens (tertiary/aromatic N) is 4. The maximum absolute atomic E-state index is 12.4. The van der Waals surface area contributed by atoms with Gasteiger partial charge in [-0.25, -0.2) is 0 Å². The molecule has 1 aliphatic rings. The van der Waals surface area contributed by atoms with Gasteiger partial charge in [0.05, 0.1) is 5.69 Å². The Kier molecular flexibility index (Phi) is 4.43. The minimum absolute atomic E-state index is 0.153. The van der Waals surface area contributed by atoms with Crippen LogP contribution in [-0.2, 0) is 7.05 Å². The quantitative estimate of drug-likeness (QED) is 0.797. The van der Waals surface area contributed by atoms with Gasteiger partial charge in [-0.2, -0.15) is 15.3 Å². The van der Waals surface area contributed by atoms with Crippen LogP contribution in [0.15, 0.2) is 46.6 Å². The highest BCUT2D eigenvalue weighted by Crippen LogP contribution is 2.36. The van der Waals surface area contributed by atoms with E-state index in [1.165, 1.54) is 0 Å². The predicted molar refractivity (Wildman–Crippen MR) is 91.2 cm³/mol. The van der Waals surface area contributed by atoms with Gasteiger partial charge in [-0.05, 0) is 6.07 Å². The number of terminal acetylenes is 1. The van der Waals surface area contributed by atoms with Crippen LogP contribution in [0.5, 0.6) is 0 Å². The molecule has 0 atom stereocenters. The minimum atomic E-state index is -0.374. The molecule has 0 unspecified atom stereocenters. The second-order valence-electron chi connectivity index (χ2n) is 5.80. The van der Waals surface area contributed by atoms with Crippen molar-refractivity contribution in [2.75, 3.05) is 6.54 Å². The van der Waals surface area contributed by atoms with E-state index >= 15 is 0 Å². The summed E-state index contributed by atoms with van der Waals surface area (Å²) in [5.41, 5.74) is 1.91. The Labute approximate surface area is 141 Å². The van der Waals surface area contributed by atoms with Crippen molar-refractivity contribution in [1.29, 1.82) is 0 Å². The van der Waals surface area contributed by atoms with E-state index in [0.717, 1.165) is 17.7 Å². The molecule has 0 fully saturated rings. The predicted octanol–water partition coefficient (Wildman–Crippen LogP) is 2.78. The number of carbonyl (C=O) groups is 1. The van der Waals surface area contributed by atoms with Crippen molar-refractivity contribution in [3.8, 4) is 23.6 Å². The number of amides is 1. The molecule has 3 rings (SSSR count). The van der Waals surface area contributed by atoms with E-state index in [1.807, 2.05) is 30.3 Å². The molecule has 0 bridgehead atoms. The van der Waals surface area contributed by atoms with Crippen LogP contribution in [0, 0.1) is 12.3 Å². The zero-order chi connectivity index (χ0) is 17.0. The van der Waals surface area contributed by atoms with E-state index in [0.29, 0.717) is 25.1 Å². The van der Waals surface area contributed by atoms with E-state index in [4.69, 9.17) is 6.42 Å². The highest BCUT2D eigenvalue weighted by molar-refractivity contribution is 5.93. The van der Waals surface area contributed by atoms with Gasteiger partial charge in [0.15, 0.2) is 5.66 Å². The third-order valence-corrected chi connectivity index (χ3v) is 4.05. The molecule has 122 valence electrons. The molecule has 6 heteroatoms. The van der Waals surface area contributed by atoms with Crippen molar-refractivity contribution in [3.05, 3.63) is 42.1 Å². The van der Waals surface area contributed by atoms with Crippen LogP contribution in [0.25, 0.3) is 11.3 Å². The van der Waals surface area contributed by atoms with Gasteiger partial charge in [-0.15, -0.1) is 12.3 Å². The Morgan fingerprint density at radius 2 is 2.04 bits per heavy atom. The second-order valence-corrected chi connectivity index (χ2v) is 5.80. The standard InChI is InChI=1S/C18H19N5O/c1-3-4-10-18(21-22-18)11-12-19-17(24)16-13-15(20-23(16)2)14-8-6-5-7-9-14/h1,5-9,13H,4,10-12H2,2H3,(H,19,24). The first-order chi connectivity index (χ1) is 11.6. The molecule has 1 N–H and O–H groups in total. The first-order valence-electron chi connectivity index (χ1n) is 7.89. The number of nitrogens with one attached hydrogen (secondary N) is 1. The van der Waals surface area contributed by atoms with Gasteiger partial charge in [0.25, 0.3) is 5.91 Å². The Morgan fingerprint density at radius 1 is 1.29 bits per heavy atom. The van der Waals surface area contributed by atoms with Crippen molar-refractivity contribution in [1.82, 2.24) is 15.1 Å². The van der Waals surface area contributed by atoms with Crippen molar-refractivity contribution < 1.29 is 4.79 Å². The fraction of sp³-hybridized carbons (Fsp3) is 0.333. The minimum Gasteiger partial charge on any atom is -0.351 e. The SMILES string of the molecule is C#CCCC1(CCNC(=O)c2cc(-c3ccccc3)nn2C)N=N1. The lowest BCUT2D eigenvalue weighted by Gasteiger charge is -2.09. The molecule has 0 spiro atoms. The van der Waals surface area contributed by atoms with Crippen molar-refractivity contribution >= 4 is 5.91 Å². The number of hydrogen-bond acceptors (Lipinski definition) is 4. The molecule has 1 aromatic heterocycles. The zero-order valence-corrected chi connectivity index (χ0v) is 13.6. The molecule has 0 saturated carbocycles. The third-order valence-electron chi connectivity index (χ3n) is 4.05. The van der Waals surface area contributed by atoms with Crippen LogP contribution >= 0.6 is 0 Å². The summed E-state index contributed by atoms with van der Waals surface area (Å²) in [5, 5.41) is 15.4. The van der Waals surface area contributed by atoms with E-state index in [-0.39, 0.29) is 11.6 Å². The van der Waals surface area contributed by atoms with Gasteiger partial charge in [-0.1, -0.05) is 30.3 Å². The summed E-state index contributed by atoms with van der Waals surface area (Å²) >= 11 is 0. The summed E-state index contributed by atoms with van der Waals surface area (Å²) < 4.78 is 1.59. The van der Waals surface area contributed by atoms with E-state index in [1.54, 1.807) is 17.8 Å². The van der Waals surface area contributed by atoms with Gasteiger partial charge in [0, 0.05) is 38.4 Å². The average molecular weight is 321 g/mol. The van der Waals surface area contributed by atoms with Gasteiger partial charge < -0.3 is 5.32 Å². The Bertz CT molecular complexity index is 795. The summed E-state index contributed by atoms with van der Waals surface area (Å²) in [5.74, 6) is 2.44. The topological polar surface area (TPSA) is 71.6 Å². The van der Waals surface area contributed by atoms with Crippen molar-refractivity contribution in [3.63, 3.8) is 0 Å². The molecule has 2 aromatic rings. The number of aryl methyl sites for hydroxylation is 1. The smallest absolute Gasteiger partial charge is 0.269 e. The normalized spacial score (nSPS) is 14.2. The highest BCUT2D eigenvalue weighted by Gasteiger charge is 2.38. The molecule has 0 saturated heterocycles. The molecular weight excluding hydrogens is 302 g/mol. The van der Waals surface area contributed by atoms with Crippen molar-refractivity contribution in [2.45, 2.75) is 24.9 Å². The Hall–Kier alpha value is -2.94. The average Bonchev–Trinajstić information content (AvgIpc) is 3.26. The van der Waals surface area contributed by atoms with Gasteiger partial charge in [-0.3, -0.25) is 9.48 Å². The van der Waals surface area contributed by atoms with Crippen LogP contribution in [0.2, 0.25) is 0 Å². The molecular formula is C18H19N5O. The van der Waals surface area contributed by atoms with E-state index in [9.17, 15) is 4.79 Å². The van der Waals surface area contributed by atoms with Crippen LogP contribution in [0.1, 0.15) is 29.8 Å². The first-order valence-corrected chi connectivity index (χ1v) is 7.89. The number of hydrogen-bond donors (Lipinski definition) is 1. The Morgan fingerprint density at radius 3 is 2.71 bits per heavy atom. The van der Waals surface area contributed by atoms with Gasteiger partial charge >= 0.3 is 0 Å². The maximum Gasteiger partial charge on any atom is 0.269 e. The Balaban J connectivity index is 1.58. The summed E-state index contributed by atoms with van der Waals surface area (Å²) in [6.07, 6.45) is 7.32. The van der Waals surface area contributed by atoms with Crippen molar-refractivity contribution in [2.24, 2.45) is 17.3 Å². The van der Waals surface area contributed by atoms with E-state index < -0.39 is 0 Å². The molecule has 1 amide bonds. The van der Waals surface area contributed by atoms with Gasteiger partial charge in [0.2, 0.25) is 0 Å². The molecule has 1 aromatic carbocycles. The van der Waals surface area contributed by atoms with Crippen LogP contribution in [0.3, 0.4) is 0 Å². The summed E-state index contributed by atoms with van der Waals surface area (Å²) in [6.45, 7) is 0.502. The summed E-state index contributed by atoms with van der Waals surface area (Å²) in [6, 6.07) is 11.6. The molecule has 0 radical (unpaired) electrons. The number of benzene rings is 1. The van der Waals surface area contributed by atoms with Gasteiger partial charge in [0.1, 0.15) is 5.69 Å². The first kappa shape index (κ1) is 15.9. The summed E-state index contributed by atoms with van der Waals surface area (Å²) in [7, 11) is 1.77. The molecule has 24 heavy (non-hydrogen) atoms. The zero-order valence-electron chi connectivity index (χ0n) is 13.6. The lowest BCUT2D eigenvalue weighted by Crippen LogP contribution is -2.29. The maximum atomic E-state index is 12.4. The lowest BCUT2D eigenvalue weighted by molar-refractivity contribution is 0.0942. The molecule has 6 nitrogen and oxygen atoms in total. The third kappa shape index (κ3) is 3.51. The monoisotopic (exact) mass is 321 g/mol.